The van der Waals surface area contributed by atoms with Gasteiger partial charge < -0.3 is 0 Å². The van der Waals surface area contributed by atoms with Crippen LogP contribution in [0, 0.1) is 5.82 Å². The van der Waals surface area contributed by atoms with Gasteiger partial charge in [-0.05, 0) is 30.0 Å². The lowest BCUT2D eigenvalue weighted by atomic mass is 10.1. The van der Waals surface area contributed by atoms with Gasteiger partial charge in [-0.1, -0.05) is 39.8 Å². The molecule has 1 heteroatoms. The van der Waals surface area contributed by atoms with Crippen LogP contribution >= 0.6 is 0 Å². The van der Waals surface area contributed by atoms with E-state index in [2.05, 4.69) is 6.92 Å². The van der Waals surface area contributed by atoms with Crippen LogP contribution in [0.1, 0.15) is 38.8 Å². The van der Waals surface area contributed by atoms with Crippen molar-refractivity contribution in [1.29, 1.82) is 0 Å². The fraction of sp³-hybridized carbons (Fsp3) is 0.500. The molecule has 0 N–H and O–H groups in total. The van der Waals surface area contributed by atoms with E-state index in [1.807, 2.05) is 32.9 Å². The largest absolute Gasteiger partial charge is 0.207 e. The zero-order valence-electron chi connectivity index (χ0n) is 9.02. The Morgan fingerprint density at radius 2 is 1.69 bits per heavy atom. The van der Waals surface area contributed by atoms with Gasteiger partial charge in [0.05, 0.1) is 0 Å². The van der Waals surface area contributed by atoms with Crippen LogP contribution in [0.25, 0.3) is 0 Å². The third-order valence-electron chi connectivity index (χ3n) is 1.90. The minimum absolute atomic E-state index is 0.0790. The normalized spacial score (nSPS) is 9.00. The molecule has 0 aliphatic heterocycles. The van der Waals surface area contributed by atoms with Crippen molar-refractivity contribution >= 4 is 0 Å². The summed E-state index contributed by atoms with van der Waals surface area (Å²) in [6.45, 7) is 8.05. The maximum Gasteiger partial charge on any atom is 0.126 e. The zero-order chi connectivity index (χ0) is 10.3. The summed E-state index contributed by atoms with van der Waals surface area (Å²) in [5, 5.41) is 0. The minimum atomic E-state index is -0.0790. The van der Waals surface area contributed by atoms with Gasteiger partial charge in [0, 0.05) is 0 Å². The molecular formula is C12H19F. The van der Waals surface area contributed by atoms with E-state index in [-0.39, 0.29) is 5.82 Å². The Hall–Kier alpha value is -0.850. The molecule has 13 heavy (non-hydrogen) atoms. The van der Waals surface area contributed by atoms with Gasteiger partial charge in [-0.15, -0.1) is 0 Å². The fourth-order valence-corrected chi connectivity index (χ4v) is 1.12. The second kappa shape index (κ2) is 6.64. The first-order valence-corrected chi connectivity index (χ1v) is 5.05. The molecule has 0 heterocycles. The average molecular weight is 182 g/mol. The third-order valence-corrected chi connectivity index (χ3v) is 1.90. The summed E-state index contributed by atoms with van der Waals surface area (Å²) in [5.74, 6) is -0.0790. The molecule has 0 nitrogen and oxygen atoms in total. The maximum atomic E-state index is 12.9. The second-order valence-corrected chi connectivity index (χ2v) is 2.63. The molecule has 1 rings (SSSR count). The quantitative estimate of drug-likeness (QED) is 0.649. The average Bonchev–Trinajstić information content (AvgIpc) is 2.22. The van der Waals surface area contributed by atoms with Gasteiger partial charge in [0.15, 0.2) is 0 Å². The molecule has 0 unspecified atom stereocenters. The molecule has 0 atom stereocenters. The van der Waals surface area contributed by atoms with Crippen LogP contribution in [-0.2, 0) is 12.8 Å². The van der Waals surface area contributed by atoms with Gasteiger partial charge in [0.25, 0.3) is 0 Å². The van der Waals surface area contributed by atoms with E-state index < -0.39 is 0 Å². The van der Waals surface area contributed by atoms with Crippen LogP contribution in [0.4, 0.5) is 4.39 Å². The molecule has 0 spiro atoms. The lowest BCUT2D eigenvalue weighted by Gasteiger charge is -2.01. The molecule has 0 fully saturated rings. The molecule has 0 aliphatic carbocycles. The maximum absolute atomic E-state index is 12.9. The van der Waals surface area contributed by atoms with Gasteiger partial charge in [0.2, 0.25) is 0 Å². The Morgan fingerprint density at radius 3 is 2.15 bits per heavy atom. The molecule has 0 bridgehead atoms. The summed E-state index contributed by atoms with van der Waals surface area (Å²) >= 11 is 0. The minimum Gasteiger partial charge on any atom is -0.207 e. The van der Waals surface area contributed by atoms with E-state index in [1.54, 1.807) is 6.07 Å². The molecule has 0 aromatic heterocycles. The van der Waals surface area contributed by atoms with Crippen LogP contribution in [0.2, 0.25) is 0 Å². The Kier molecular flexibility index (Phi) is 6.21. The standard InChI is InChI=1S/C10H13F.C2H6/c1-3-8-5-6-10(11)9(4-2)7-8;1-2/h5-7H,3-4H2,1-2H3;1-2H3. The molecule has 0 saturated heterocycles. The van der Waals surface area contributed by atoms with Crippen molar-refractivity contribution < 1.29 is 4.39 Å². The molecule has 0 amide bonds. The van der Waals surface area contributed by atoms with Gasteiger partial charge in [0.1, 0.15) is 5.82 Å². The van der Waals surface area contributed by atoms with Gasteiger partial charge in [-0.2, -0.15) is 0 Å². The molecular weight excluding hydrogens is 163 g/mol. The SMILES string of the molecule is CC.CCc1ccc(F)c(CC)c1. The van der Waals surface area contributed by atoms with Crippen molar-refractivity contribution in [2.75, 3.05) is 0 Å². The predicted molar refractivity (Wildman–Crippen MR) is 56.5 cm³/mol. The van der Waals surface area contributed by atoms with E-state index in [9.17, 15) is 4.39 Å². The summed E-state index contributed by atoms with van der Waals surface area (Å²) in [6.07, 6.45) is 1.76. The van der Waals surface area contributed by atoms with Crippen LogP contribution in [0.15, 0.2) is 18.2 Å². The van der Waals surface area contributed by atoms with Crippen molar-refractivity contribution in [3.63, 3.8) is 0 Å². The first-order chi connectivity index (χ1) is 6.27. The van der Waals surface area contributed by atoms with Gasteiger partial charge in [-0.3, -0.25) is 0 Å². The van der Waals surface area contributed by atoms with Crippen molar-refractivity contribution in [3.05, 3.63) is 35.1 Å². The Bertz CT molecular complexity index is 241. The molecule has 1 aromatic carbocycles. The van der Waals surface area contributed by atoms with Crippen molar-refractivity contribution in [3.8, 4) is 0 Å². The topological polar surface area (TPSA) is 0 Å². The monoisotopic (exact) mass is 182 g/mol. The number of halogens is 1. The third kappa shape index (κ3) is 3.58. The molecule has 0 aliphatic rings. The van der Waals surface area contributed by atoms with Crippen molar-refractivity contribution in [1.82, 2.24) is 0 Å². The Labute approximate surface area is 80.8 Å². The number of rotatable bonds is 2. The molecule has 0 radical (unpaired) electrons. The highest BCUT2D eigenvalue weighted by molar-refractivity contribution is 5.24. The first-order valence-electron chi connectivity index (χ1n) is 5.05. The zero-order valence-corrected chi connectivity index (χ0v) is 9.02. The number of aryl methyl sites for hydroxylation is 2. The fourth-order valence-electron chi connectivity index (χ4n) is 1.12. The number of hydrogen-bond acceptors (Lipinski definition) is 0. The Balaban J connectivity index is 0.000000671. The molecule has 1 aromatic rings. The summed E-state index contributed by atoms with van der Waals surface area (Å²) < 4.78 is 12.9. The summed E-state index contributed by atoms with van der Waals surface area (Å²) in [4.78, 5) is 0. The van der Waals surface area contributed by atoms with Gasteiger partial charge in [-0.25, -0.2) is 4.39 Å². The van der Waals surface area contributed by atoms with Crippen molar-refractivity contribution in [2.45, 2.75) is 40.5 Å². The van der Waals surface area contributed by atoms with E-state index >= 15 is 0 Å². The first kappa shape index (κ1) is 12.2. The van der Waals surface area contributed by atoms with E-state index in [4.69, 9.17) is 0 Å². The number of benzene rings is 1. The van der Waals surface area contributed by atoms with E-state index in [1.165, 1.54) is 5.56 Å². The number of hydrogen-bond donors (Lipinski definition) is 0. The van der Waals surface area contributed by atoms with Gasteiger partial charge >= 0.3 is 0 Å². The second-order valence-electron chi connectivity index (χ2n) is 2.63. The van der Waals surface area contributed by atoms with Crippen LogP contribution in [0.5, 0.6) is 0 Å². The van der Waals surface area contributed by atoms with E-state index in [0.29, 0.717) is 0 Å². The van der Waals surface area contributed by atoms with E-state index in [0.717, 1.165) is 18.4 Å². The lowest BCUT2D eigenvalue weighted by Crippen LogP contribution is -1.89. The molecule has 0 saturated carbocycles. The van der Waals surface area contributed by atoms with Crippen LogP contribution < -0.4 is 0 Å². The molecule has 74 valence electrons. The smallest absolute Gasteiger partial charge is 0.126 e. The summed E-state index contributed by atoms with van der Waals surface area (Å²) in [6, 6.07) is 5.33. The predicted octanol–water partition coefficient (Wildman–Crippen LogP) is 3.98. The highest BCUT2D eigenvalue weighted by atomic mass is 19.1. The highest BCUT2D eigenvalue weighted by Crippen LogP contribution is 2.11. The highest BCUT2D eigenvalue weighted by Gasteiger charge is 1.99. The van der Waals surface area contributed by atoms with Crippen LogP contribution in [0.3, 0.4) is 0 Å². The van der Waals surface area contributed by atoms with Crippen LogP contribution in [-0.4, -0.2) is 0 Å². The summed E-state index contributed by atoms with van der Waals surface area (Å²) in [7, 11) is 0. The van der Waals surface area contributed by atoms with Crippen molar-refractivity contribution in [2.24, 2.45) is 0 Å². The lowest BCUT2D eigenvalue weighted by molar-refractivity contribution is 0.611. The Morgan fingerprint density at radius 1 is 1.08 bits per heavy atom. The summed E-state index contributed by atoms with van der Waals surface area (Å²) in [5.41, 5.74) is 2.03.